The monoisotopic (exact) mass is 170 g/mol. The van der Waals surface area contributed by atoms with Gasteiger partial charge in [-0.3, -0.25) is 0 Å². The normalized spacial score (nSPS) is 25.2. The SMILES string of the molecule is C=CC1CC(C=C)c2ccccc21. The van der Waals surface area contributed by atoms with Gasteiger partial charge in [-0.25, -0.2) is 0 Å². The molecule has 0 heteroatoms. The lowest BCUT2D eigenvalue weighted by Gasteiger charge is -2.03. The second-order valence-corrected chi connectivity index (χ2v) is 3.55. The summed E-state index contributed by atoms with van der Waals surface area (Å²) in [6.45, 7) is 7.75. The van der Waals surface area contributed by atoms with Crippen molar-refractivity contribution >= 4 is 0 Å². The highest BCUT2D eigenvalue weighted by Gasteiger charge is 2.26. The van der Waals surface area contributed by atoms with Crippen molar-refractivity contribution in [2.45, 2.75) is 18.3 Å². The van der Waals surface area contributed by atoms with E-state index in [2.05, 4.69) is 37.4 Å². The molecule has 1 aromatic rings. The molecular weight excluding hydrogens is 156 g/mol. The molecule has 0 fully saturated rings. The van der Waals surface area contributed by atoms with Gasteiger partial charge in [-0.2, -0.15) is 0 Å². The summed E-state index contributed by atoms with van der Waals surface area (Å²) >= 11 is 0. The van der Waals surface area contributed by atoms with Crippen LogP contribution in [0.1, 0.15) is 29.4 Å². The van der Waals surface area contributed by atoms with Gasteiger partial charge >= 0.3 is 0 Å². The lowest BCUT2D eigenvalue weighted by atomic mass is 10.0. The number of hydrogen-bond acceptors (Lipinski definition) is 0. The summed E-state index contributed by atoms with van der Waals surface area (Å²) in [6.07, 6.45) is 5.23. The molecule has 0 amide bonds. The second-order valence-electron chi connectivity index (χ2n) is 3.55. The van der Waals surface area contributed by atoms with Gasteiger partial charge in [0.25, 0.3) is 0 Å². The summed E-state index contributed by atoms with van der Waals surface area (Å²) in [7, 11) is 0. The quantitative estimate of drug-likeness (QED) is 0.594. The summed E-state index contributed by atoms with van der Waals surface area (Å²) in [5.74, 6) is 1.05. The Balaban J connectivity index is 2.49. The molecule has 0 saturated carbocycles. The average molecular weight is 170 g/mol. The van der Waals surface area contributed by atoms with Crippen LogP contribution in [0.3, 0.4) is 0 Å². The predicted molar refractivity (Wildman–Crippen MR) is 56.9 cm³/mol. The zero-order valence-electron chi connectivity index (χ0n) is 7.74. The van der Waals surface area contributed by atoms with Crippen LogP contribution in [0.25, 0.3) is 0 Å². The van der Waals surface area contributed by atoms with Gasteiger partial charge in [0.15, 0.2) is 0 Å². The number of benzene rings is 1. The highest BCUT2D eigenvalue weighted by Crippen LogP contribution is 2.42. The van der Waals surface area contributed by atoms with Crippen molar-refractivity contribution in [3.8, 4) is 0 Å². The zero-order chi connectivity index (χ0) is 9.26. The zero-order valence-corrected chi connectivity index (χ0v) is 7.74. The van der Waals surface area contributed by atoms with E-state index in [-0.39, 0.29) is 0 Å². The van der Waals surface area contributed by atoms with Gasteiger partial charge in [0.1, 0.15) is 0 Å². The predicted octanol–water partition coefficient (Wildman–Crippen LogP) is 3.63. The van der Waals surface area contributed by atoms with Gasteiger partial charge in [0.05, 0.1) is 0 Å². The van der Waals surface area contributed by atoms with Gasteiger partial charge in [-0.05, 0) is 17.5 Å². The van der Waals surface area contributed by atoms with Crippen molar-refractivity contribution in [2.75, 3.05) is 0 Å². The van der Waals surface area contributed by atoms with Crippen LogP contribution in [0.5, 0.6) is 0 Å². The minimum absolute atomic E-state index is 0.527. The molecule has 0 heterocycles. The highest BCUT2D eigenvalue weighted by atomic mass is 14.3. The van der Waals surface area contributed by atoms with E-state index in [1.165, 1.54) is 11.1 Å². The van der Waals surface area contributed by atoms with E-state index in [4.69, 9.17) is 0 Å². The van der Waals surface area contributed by atoms with Crippen LogP contribution in [-0.4, -0.2) is 0 Å². The molecule has 0 aromatic heterocycles. The van der Waals surface area contributed by atoms with Crippen LogP contribution in [0.15, 0.2) is 49.6 Å². The van der Waals surface area contributed by atoms with Crippen molar-refractivity contribution in [3.63, 3.8) is 0 Å². The Morgan fingerprint density at radius 2 is 1.46 bits per heavy atom. The molecule has 1 aromatic carbocycles. The fourth-order valence-corrected chi connectivity index (χ4v) is 2.16. The summed E-state index contributed by atoms with van der Waals surface area (Å²) in [6, 6.07) is 8.60. The Morgan fingerprint density at radius 1 is 1.00 bits per heavy atom. The first-order valence-corrected chi connectivity index (χ1v) is 4.70. The minimum Gasteiger partial charge on any atom is -0.102 e. The van der Waals surface area contributed by atoms with Crippen LogP contribution in [0.2, 0.25) is 0 Å². The second kappa shape index (κ2) is 3.21. The van der Waals surface area contributed by atoms with E-state index < -0.39 is 0 Å². The maximum atomic E-state index is 3.88. The number of fused-ring (bicyclic) bond motifs is 1. The highest BCUT2D eigenvalue weighted by molar-refractivity contribution is 5.42. The smallest absolute Gasteiger partial charge is 0.00270 e. The molecule has 0 spiro atoms. The summed E-state index contributed by atoms with van der Waals surface area (Å²) in [5, 5.41) is 0. The van der Waals surface area contributed by atoms with Crippen LogP contribution >= 0.6 is 0 Å². The van der Waals surface area contributed by atoms with Crippen LogP contribution < -0.4 is 0 Å². The van der Waals surface area contributed by atoms with Gasteiger partial charge in [-0.1, -0.05) is 36.4 Å². The van der Waals surface area contributed by atoms with Crippen LogP contribution in [-0.2, 0) is 0 Å². The largest absolute Gasteiger partial charge is 0.102 e. The Kier molecular flexibility index (Phi) is 2.05. The maximum Gasteiger partial charge on any atom is 0.00270 e. The molecule has 0 radical (unpaired) electrons. The van der Waals surface area contributed by atoms with Crippen LogP contribution in [0, 0.1) is 0 Å². The standard InChI is InChI=1S/C13H14/c1-3-10-9-11(4-2)13-8-6-5-7-12(10)13/h3-8,10-11H,1-2,9H2. The van der Waals surface area contributed by atoms with E-state index in [1.54, 1.807) is 0 Å². The van der Waals surface area contributed by atoms with Crippen molar-refractivity contribution in [3.05, 3.63) is 60.7 Å². The molecular formula is C13H14. The molecule has 0 N–H and O–H groups in total. The first-order valence-electron chi connectivity index (χ1n) is 4.70. The third-order valence-electron chi connectivity index (χ3n) is 2.87. The van der Waals surface area contributed by atoms with Gasteiger partial charge < -0.3 is 0 Å². The first kappa shape index (κ1) is 8.31. The fraction of sp³-hybridized carbons (Fsp3) is 0.231. The molecule has 1 aliphatic carbocycles. The van der Waals surface area contributed by atoms with Gasteiger partial charge in [0.2, 0.25) is 0 Å². The lowest BCUT2D eigenvalue weighted by Crippen LogP contribution is -1.86. The molecule has 13 heavy (non-hydrogen) atoms. The topological polar surface area (TPSA) is 0 Å². The van der Waals surface area contributed by atoms with Gasteiger partial charge in [-0.15, -0.1) is 13.2 Å². The summed E-state index contributed by atoms with van der Waals surface area (Å²) in [5.41, 5.74) is 2.87. The summed E-state index contributed by atoms with van der Waals surface area (Å²) < 4.78 is 0. The number of hydrogen-bond donors (Lipinski definition) is 0. The minimum atomic E-state index is 0.527. The third kappa shape index (κ3) is 1.23. The molecule has 0 aliphatic heterocycles. The van der Waals surface area contributed by atoms with Crippen molar-refractivity contribution in [1.29, 1.82) is 0 Å². The molecule has 66 valence electrons. The Labute approximate surface area is 79.6 Å². The first-order chi connectivity index (χ1) is 6.36. The molecule has 0 bridgehead atoms. The van der Waals surface area contributed by atoms with E-state index in [1.807, 2.05) is 12.2 Å². The van der Waals surface area contributed by atoms with E-state index in [0.717, 1.165) is 6.42 Å². The maximum absolute atomic E-state index is 3.88. The van der Waals surface area contributed by atoms with E-state index in [0.29, 0.717) is 11.8 Å². The molecule has 2 rings (SSSR count). The lowest BCUT2D eigenvalue weighted by molar-refractivity contribution is 0.751. The Morgan fingerprint density at radius 3 is 1.85 bits per heavy atom. The van der Waals surface area contributed by atoms with E-state index >= 15 is 0 Å². The molecule has 0 saturated heterocycles. The molecule has 2 atom stereocenters. The molecule has 1 aliphatic rings. The number of allylic oxidation sites excluding steroid dienone is 2. The van der Waals surface area contributed by atoms with Gasteiger partial charge in [0, 0.05) is 11.8 Å². The average Bonchev–Trinajstić information content (AvgIpc) is 2.56. The summed E-state index contributed by atoms with van der Waals surface area (Å²) in [4.78, 5) is 0. The van der Waals surface area contributed by atoms with Crippen molar-refractivity contribution in [2.24, 2.45) is 0 Å². The van der Waals surface area contributed by atoms with Crippen molar-refractivity contribution in [1.82, 2.24) is 0 Å². The molecule has 0 nitrogen and oxygen atoms in total. The number of rotatable bonds is 2. The van der Waals surface area contributed by atoms with Crippen molar-refractivity contribution < 1.29 is 0 Å². The van der Waals surface area contributed by atoms with E-state index in [9.17, 15) is 0 Å². The Bertz CT molecular complexity index is 303. The fourth-order valence-electron chi connectivity index (χ4n) is 2.16. The van der Waals surface area contributed by atoms with Crippen LogP contribution in [0.4, 0.5) is 0 Å². The Hall–Kier alpha value is -1.30. The molecule has 2 unspecified atom stereocenters. The third-order valence-corrected chi connectivity index (χ3v) is 2.87.